The summed E-state index contributed by atoms with van der Waals surface area (Å²) >= 11 is 0. The summed E-state index contributed by atoms with van der Waals surface area (Å²) < 4.78 is 45.6. The SMILES string of the molecule is CO[C@H]1CC[C@](CN)(c2cc(F)c(F)cc2F)CC1.Cl. The van der Waals surface area contributed by atoms with Gasteiger partial charge < -0.3 is 10.5 Å². The summed E-state index contributed by atoms with van der Waals surface area (Å²) in [7, 11) is 1.64. The highest BCUT2D eigenvalue weighted by Crippen LogP contribution is 2.41. The summed E-state index contributed by atoms with van der Waals surface area (Å²) in [5, 5.41) is 0. The molecule has 0 saturated heterocycles. The molecule has 2 N–H and O–H groups in total. The zero-order valence-electron chi connectivity index (χ0n) is 11.3. The Hall–Kier alpha value is -0.780. The summed E-state index contributed by atoms with van der Waals surface area (Å²) in [4.78, 5) is 0. The van der Waals surface area contributed by atoms with Crippen molar-refractivity contribution in [3.8, 4) is 0 Å². The lowest BCUT2D eigenvalue weighted by Crippen LogP contribution is -2.41. The first kappa shape index (κ1) is 17.3. The first-order chi connectivity index (χ1) is 9.02. The van der Waals surface area contributed by atoms with Crippen LogP contribution in [0.3, 0.4) is 0 Å². The topological polar surface area (TPSA) is 35.2 Å². The minimum absolute atomic E-state index is 0. The molecule has 0 bridgehead atoms. The predicted octanol–water partition coefficient (Wildman–Crippen LogP) is 3.31. The molecular weight excluding hydrogens is 291 g/mol. The minimum atomic E-state index is -1.17. The third-order valence-electron chi connectivity index (χ3n) is 4.20. The second kappa shape index (κ2) is 6.78. The highest BCUT2D eigenvalue weighted by atomic mass is 35.5. The Bertz CT molecular complexity index is 462. The fourth-order valence-electron chi connectivity index (χ4n) is 2.89. The molecule has 0 aliphatic heterocycles. The number of nitrogens with two attached hydrogens (primary N) is 1. The normalized spacial score (nSPS) is 26.1. The molecule has 0 unspecified atom stereocenters. The fourth-order valence-corrected chi connectivity index (χ4v) is 2.89. The minimum Gasteiger partial charge on any atom is -0.381 e. The lowest BCUT2D eigenvalue weighted by Gasteiger charge is -2.39. The average molecular weight is 310 g/mol. The first-order valence-electron chi connectivity index (χ1n) is 6.40. The molecule has 2 nitrogen and oxygen atoms in total. The maximum atomic E-state index is 13.9. The van der Waals surface area contributed by atoms with Gasteiger partial charge in [0.2, 0.25) is 0 Å². The van der Waals surface area contributed by atoms with Crippen molar-refractivity contribution in [3.63, 3.8) is 0 Å². The van der Waals surface area contributed by atoms with E-state index < -0.39 is 22.9 Å². The third-order valence-corrected chi connectivity index (χ3v) is 4.20. The van der Waals surface area contributed by atoms with Crippen molar-refractivity contribution in [1.82, 2.24) is 0 Å². The van der Waals surface area contributed by atoms with Crippen LogP contribution in [0, 0.1) is 17.5 Å². The molecule has 0 heterocycles. The molecule has 0 radical (unpaired) electrons. The maximum Gasteiger partial charge on any atom is 0.161 e. The highest BCUT2D eigenvalue weighted by Gasteiger charge is 2.38. The van der Waals surface area contributed by atoms with Gasteiger partial charge in [-0.15, -0.1) is 12.4 Å². The lowest BCUT2D eigenvalue weighted by atomic mass is 9.68. The van der Waals surface area contributed by atoms with Gasteiger partial charge in [-0.1, -0.05) is 0 Å². The molecular formula is C14H19ClF3NO. The van der Waals surface area contributed by atoms with E-state index in [-0.39, 0.29) is 30.6 Å². The van der Waals surface area contributed by atoms with E-state index in [0.717, 1.165) is 18.9 Å². The molecule has 0 aromatic heterocycles. The van der Waals surface area contributed by atoms with Gasteiger partial charge in [-0.2, -0.15) is 0 Å². The quantitative estimate of drug-likeness (QED) is 0.869. The molecule has 2 rings (SSSR count). The second-order valence-electron chi connectivity index (χ2n) is 5.17. The molecule has 1 fully saturated rings. The van der Waals surface area contributed by atoms with Gasteiger partial charge in [-0.05, 0) is 37.3 Å². The van der Waals surface area contributed by atoms with E-state index in [9.17, 15) is 13.2 Å². The molecule has 114 valence electrons. The molecule has 1 aliphatic carbocycles. The van der Waals surface area contributed by atoms with Crippen LogP contribution in [0.5, 0.6) is 0 Å². The summed E-state index contributed by atoms with van der Waals surface area (Å²) in [6, 6.07) is 1.55. The van der Waals surface area contributed by atoms with E-state index in [2.05, 4.69) is 0 Å². The van der Waals surface area contributed by atoms with Gasteiger partial charge in [0.05, 0.1) is 6.10 Å². The van der Waals surface area contributed by atoms with Crippen LogP contribution in [-0.4, -0.2) is 19.8 Å². The Kier molecular flexibility index (Phi) is 5.86. The van der Waals surface area contributed by atoms with Gasteiger partial charge in [0.1, 0.15) is 5.82 Å². The van der Waals surface area contributed by atoms with Crippen LogP contribution in [0.4, 0.5) is 13.2 Å². The number of ether oxygens (including phenoxy) is 1. The van der Waals surface area contributed by atoms with Crippen molar-refractivity contribution in [2.45, 2.75) is 37.2 Å². The second-order valence-corrected chi connectivity index (χ2v) is 5.17. The number of rotatable bonds is 3. The Balaban J connectivity index is 0.00000200. The summed E-state index contributed by atoms with van der Waals surface area (Å²) in [5.41, 5.74) is 5.36. The Morgan fingerprint density at radius 2 is 1.70 bits per heavy atom. The molecule has 1 aromatic carbocycles. The van der Waals surface area contributed by atoms with Crippen LogP contribution in [-0.2, 0) is 10.2 Å². The van der Waals surface area contributed by atoms with Crippen molar-refractivity contribution in [2.24, 2.45) is 5.73 Å². The summed E-state index contributed by atoms with van der Waals surface area (Å²) in [6.45, 7) is 0.214. The zero-order chi connectivity index (χ0) is 14.0. The van der Waals surface area contributed by atoms with Crippen molar-refractivity contribution in [2.75, 3.05) is 13.7 Å². The van der Waals surface area contributed by atoms with Crippen LogP contribution in [0.15, 0.2) is 12.1 Å². The number of hydrogen-bond acceptors (Lipinski definition) is 2. The smallest absolute Gasteiger partial charge is 0.161 e. The Labute approximate surface area is 122 Å². The summed E-state index contributed by atoms with van der Waals surface area (Å²) in [5.74, 6) is -2.92. The molecule has 6 heteroatoms. The van der Waals surface area contributed by atoms with Gasteiger partial charge in [-0.25, -0.2) is 13.2 Å². The van der Waals surface area contributed by atoms with Gasteiger partial charge in [0.25, 0.3) is 0 Å². The van der Waals surface area contributed by atoms with Crippen LogP contribution in [0.2, 0.25) is 0 Å². The number of halogens is 4. The van der Waals surface area contributed by atoms with Crippen LogP contribution >= 0.6 is 12.4 Å². The van der Waals surface area contributed by atoms with Crippen molar-refractivity contribution in [1.29, 1.82) is 0 Å². The van der Waals surface area contributed by atoms with E-state index in [4.69, 9.17) is 10.5 Å². The molecule has 0 atom stereocenters. The average Bonchev–Trinajstić information content (AvgIpc) is 2.43. The number of benzene rings is 1. The lowest BCUT2D eigenvalue weighted by molar-refractivity contribution is 0.0490. The molecule has 20 heavy (non-hydrogen) atoms. The molecule has 1 aromatic rings. The van der Waals surface area contributed by atoms with E-state index in [0.29, 0.717) is 18.9 Å². The summed E-state index contributed by atoms with van der Waals surface area (Å²) in [6.07, 6.45) is 2.85. The largest absolute Gasteiger partial charge is 0.381 e. The molecule has 1 aliphatic rings. The monoisotopic (exact) mass is 309 g/mol. The number of methoxy groups -OCH3 is 1. The van der Waals surface area contributed by atoms with Crippen LogP contribution < -0.4 is 5.73 Å². The standard InChI is InChI=1S/C14H18F3NO.ClH/c1-19-9-2-4-14(8-18,5-3-9)10-6-12(16)13(17)7-11(10)15;/h6-7,9H,2-5,8,18H2,1H3;1H/t9-,14-;. The molecule has 0 spiro atoms. The maximum absolute atomic E-state index is 13.9. The fraction of sp³-hybridized carbons (Fsp3) is 0.571. The molecule has 0 amide bonds. The van der Waals surface area contributed by atoms with Crippen LogP contribution in [0.1, 0.15) is 31.2 Å². The first-order valence-corrected chi connectivity index (χ1v) is 6.40. The number of hydrogen-bond donors (Lipinski definition) is 1. The van der Waals surface area contributed by atoms with Gasteiger partial charge in [0, 0.05) is 25.1 Å². The molecule has 1 saturated carbocycles. The predicted molar refractivity (Wildman–Crippen MR) is 73.6 cm³/mol. The van der Waals surface area contributed by atoms with Crippen molar-refractivity contribution in [3.05, 3.63) is 35.1 Å². The van der Waals surface area contributed by atoms with Crippen LogP contribution in [0.25, 0.3) is 0 Å². The van der Waals surface area contributed by atoms with E-state index in [1.165, 1.54) is 0 Å². The third kappa shape index (κ3) is 3.10. The zero-order valence-corrected chi connectivity index (χ0v) is 12.1. The van der Waals surface area contributed by atoms with E-state index in [1.54, 1.807) is 7.11 Å². The van der Waals surface area contributed by atoms with Gasteiger partial charge in [0.15, 0.2) is 11.6 Å². The van der Waals surface area contributed by atoms with Gasteiger partial charge >= 0.3 is 0 Å². The van der Waals surface area contributed by atoms with E-state index in [1.807, 2.05) is 0 Å². The van der Waals surface area contributed by atoms with Gasteiger partial charge in [-0.3, -0.25) is 0 Å². The highest BCUT2D eigenvalue weighted by molar-refractivity contribution is 5.85. The Morgan fingerprint density at radius 3 is 2.20 bits per heavy atom. The Morgan fingerprint density at radius 1 is 1.15 bits per heavy atom. The van der Waals surface area contributed by atoms with Crippen molar-refractivity contribution >= 4 is 12.4 Å². The van der Waals surface area contributed by atoms with E-state index >= 15 is 0 Å². The van der Waals surface area contributed by atoms with Crippen molar-refractivity contribution < 1.29 is 17.9 Å².